The van der Waals surface area contributed by atoms with E-state index in [1.54, 1.807) is 21.6 Å². The molecule has 0 radical (unpaired) electrons. The highest BCUT2D eigenvalue weighted by atomic mass is 33.1. The summed E-state index contributed by atoms with van der Waals surface area (Å²) < 4.78 is 6.99. The first kappa shape index (κ1) is 57.2. The van der Waals surface area contributed by atoms with Gasteiger partial charge >= 0.3 is 0 Å². The summed E-state index contributed by atoms with van der Waals surface area (Å²) in [6.07, 6.45) is 12.8. The van der Waals surface area contributed by atoms with Gasteiger partial charge in [0.1, 0.15) is 11.9 Å². The molecule has 3 fully saturated rings. The van der Waals surface area contributed by atoms with Gasteiger partial charge in [0.05, 0.1) is 24.4 Å². The number of benzene rings is 3. The largest absolute Gasteiger partial charge is 0.504 e. The number of fused-ring (bicyclic) bond motifs is 5. The first-order valence-electron chi connectivity index (χ1n) is 30.0. The molecule has 11 rings (SSSR count). The van der Waals surface area contributed by atoms with Crippen LogP contribution in [-0.4, -0.2) is 103 Å². The van der Waals surface area contributed by atoms with E-state index >= 15 is 0 Å². The Morgan fingerprint density at radius 2 is 1.62 bits per heavy atom. The molecular weight excluding hydrogens is 1040 g/mol. The second-order valence-corrected chi connectivity index (χ2v) is 27.3. The second-order valence-electron chi connectivity index (χ2n) is 24.8. The minimum absolute atomic E-state index is 0.0292. The number of phenolic OH excluding ortho intramolecular Hbond substituents is 1. The monoisotopic (exact) mass is 1120 g/mol. The van der Waals surface area contributed by atoms with Gasteiger partial charge in [0.2, 0.25) is 0 Å². The first-order chi connectivity index (χ1) is 38.9. The summed E-state index contributed by atoms with van der Waals surface area (Å²) in [6.45, 7) is 2.47. The van der Waals surface area contributed by atoms with E-state index < -0.39 is 53.7 Å². The summed E-state index contributed by atoms with van der Waals surface area (Å²) >= 11 is 0. The van der Waals surface area contributed by atoms with Gasteiger partial charge in [0, 0.05) is 77.8 Å². The van der Waals surface area contributed by atoms with Crippen LogP contribution in [0, 0.1) is 58.7 Å². The average Bonchev–Trinajstić information content (AvgIpc) is 4.06. The average molecular weight is 1120 g/mol. The lowest BCUT2D eigenvalue weighted by Gasteiger charge is -2.56. The smallest absolute Gasteiger partial charge is 0.161 e. The van der Waals surface area contributed by atoms with Gasteiger partial charge in [-0.1, -0.05) is 138 Å². The number of nitrogens with two attached hydrogens (primary N) is 1. The highest BCUT2D eigenvalue weighted by Gasteiger charge is 2.55. The van der Waals surface area contributed by atoms with Gasteiger partial charge in [-0.3, -0.25) is 0 Å². The second kappa shape index (κ2) is 25.1. The Morgan fingerprint density at radius 1 is 0.838 bits per heavy atom. The van der Waals surface area contributed by atoms with Crippen LogP contribution in [0.15, 0.2) is 126 Å². The van der Waals surface area contributed by atoms with Crippen molar-refractivity contribution < 1.29 is 40.5 Å². The molecule has 11 nitrogen and oxygen atoms in total. The highest BCUT2D eigenvalue weighted by Crippen LogP contribution is 2.61. The molecule has 11 N–H and O–H groups in total. The number of dihydropyridines is 1. The molecule has 15 atom stereocenters. The quantitative estimate of drug-likeness (QED) is 0.0410. The number of aromatic hydroxyl groups is 1. The number of ether oxygens (including phenoxy) is 1. The number of nitrogens with one attached hydrogen (secondary N) is 2. The molecule has 1 spiro atoms. The van der Waals surface area contributed by atoms with Crippen molar-refractivity contribution in [2.75, 3.05) is 31.3 Å². The molecule has 4 aromatic rings. The Labute approximate surface area is 481 Å². The van der Waals surface area contributed by atoms with Gasteiger partial charge < -0.3 is 56.5 Å². The molecule has 2 aliphatic heterocycles. The van der Waals surface area contributed by atoms with Crippen LogP contribution >= 0.6 is 21.6 Å². The number of aliphatic hydroxyl groups is 6. The number of rotatable bonds is 10. The number of allylic oxidation sites excluding steroid dienone is 3. The topological polar surface area (TPSA) is 205 Å². The van der Waals surface area contributed by atoms with Crippen LogP contribution in [-0.2, 0) is 18.3 Å². The third-order valence-corrected chi connectivity index (χ3v) is 22.8. The van der Waals surface area contributed by atoms with Crippen molar-refractivity contribution in [3.05, 3.63) is 154 Å². The molecule has 13 heteroatoms. The minimum Gasteiger partial charge on any atom is -0.504 e. The molecule has 15 unspecified atom stereocenters. The van der Waals surface area contributed by atoms with Crippen molar-refractivity contribution in [1.82, 2.24) is 10.3 Å². The van der Waals surface area contributed by atoms with E-state index in [-0.39, 0.29) is 65.6 Å². The number of hydrogen-bond donors (Lipinski definition) is 10. The third kappa shape index (κ3) is 11.6. The van der Waals surface area contributed by atoms with Gasteiger partial charge in [0.15, 0.2) is 11.5 Å². The molecule has 0 amide bonds. The molecule has 428 valence electrons. The zero-order valence-corrected chi connectivity index (χ0v) is 48.1. The fraction of sp³-hybridized carbons (Fsp3) is 0.552. The Balaban J connectivity index is 0.972. The Bertz CT molecular complexity index is 2900. The lowest BCUT2D eigenvalue weighted by molar-refractivity contribution is -0.0338. The SMILES string of the molecule is CCC1Cc2cc(O)c(OC3CC(Cc4ccc[nH]4)C4=CCNC(N)=C4CSSCC(CO)C3O)cc2C2CC(O)C3C(C#CC4(CC(O)CCC3O)CC(c3ccccc3)C(C3(c5ccccc5)CCCCC3)CC4CO)C=C12. The summed E-state index contributed by atoms with van der Waals surface area (Å²) in [4.78, 5) is 3.38. The number of aromatic nitrogens is 1. The number of H-pyrrole nitrogens is 1. The van der Waals surface area contributed by atoms with Crippen molar-refractivity contribution in [3.63, 3.8) is 0 Å². The zero-order chi connectivity index (χ0) is 55.5. The van der Waals surface area contributed by atoms with Crippen LogP contribution in [0.2, 0.25) is 0 Å². The predicted molar refractivity (Wildman–Crippen MR) is 320 cm³/mol. The molecule has 3 heterocycles. The highest BCUT2D eigenvalue weighted by molar-refractivity contribution is 8.76. The lowest BCUT2D eigenvalue weighted by atomic mass is 9.48. The number of aromatic amines is 1. The molecule has 7 aliphatic rings. The van der Waals surface area contributed by atoms with E-state index in [9.17, 15) is 35.7 Å². The predicted octanol–water partition coefficient (Wildman–Crippen LogP) is 9.97. The van der Waals surface area contributed by atoms with Gasteiger partial charge in [-0.15, -0.1) is 0 Å². The van der Waals surface area contributed by atoms with Crippen LogP contribution < -0.4 is 15.8 Å². The van der Waals surface area contributed by atoms with Crippen LogP contribution in [0.4, 0.5) is 0 Å². The molecule has 1 saturated heterocycles. The molecular formula is C67H85N3O8S2. The van der Waals surface area contributed by atoms with Crippen LogP contribution in [0.25, 0.3) is 0 Å². The molecule has 1 aromatic heterocycles. The summed E-state index contributed by atoms with van der Waals surface area (Å²) in [5.74, 6) is 7.84. The summed E-state index contributed by atoms with van der Waals surface area (Å²) in [5, 5.41) is 87.4. The fourth-order valence-electron chi connectivity index (χ4n) is 16.3. The van der Waals surface area contributed by atoms with Gasteiger partial charge in [0.25, 0.3) is 0 Å². The summed E-state index contributed by atoms with van der Waals surface area (Å²) in [7, 11) is 3.25. The first-order valence-corrected chi connectivity index (χ1v) is 32.5. The van der Waals surface area contributed by atoms with E-state index in [4.69, 9.17) is 10.5 Å². The summed E-state index contributed by atoms with van der Waals surface area (Å²) in [5.41, 5.74) is 14.8. The van der Waals surface area contributed by atoms with E-state index in [1.807, 2.05) is 24.4 Å². The lowest BCUT2D eigenvalue weighted by Crippen LogP contribution is -2.50. The van der Waals surface area contributed by atoms with Crippen molar-refractivity contribution in [2.45, 2.75) is 151 Å². The van der Waals surface area contributed by atoms with Gasteiger partial charge in [-0.05, 0) is 164 Å². The van der Waals surface area contributed by atoms with E-state index in [1.165, 1.54) is 17.5 Å². The van der Waals surface area contributed by atoms with Crippen LogP contribution in [0.5, 0.6) is 11.5 Å². The van der Waals surface area contributed by atoms with Gasteiger partial charge in [-0.2, -0.15) is 0 Å². The molecule has 5 aliphatic carbocycles. The van der Waals surface area contributed by atoms with Crippen molar-refractivity contribution in [1.29, 1.82) is 0 Å². The number of aliphatic hydroxyl groups excluding tert-OH is 6. The zero-order valence-electron chi connectivity index (χ0n) is 46.5. The summed E-state index contributed by atoms with van der Waals surface area (Å²) in [6, 6.07) is 29.8. The Morgan fingerprint density at radius 3 is 2.36 bits per heavy atom. The van der Waals surface area contributed by atoms with Crippen molar-refractivity contribution in [2.24, 2.45) is 52.6 Å². The number of hydrogen-bond acceptors (Lipinski definition) is 12. The van der Waals surface area contributed by atoms with Gasteiger partial charge in [-0.25, -0.2) is 0 Å². The maximum absolute atomic E-state index is 12.8. The molecule has 0 bridgehead atoms. The van der Waals surface area contributed by atoms with Crippen molar-refractivity contribution >= 4 is 21.6 Å². The van der Waals surface area contributed by atoms with E-state index in [2.05, 4.69) is 108 Å². The molecule has 80 heavy (non-hydrogen) atoms. The maximum atomic E-state index is 12.8. The third-order valence-electron chi connectivity index (χ3n) is 20.4. The maximum Gasteiger partial charge on any atom is 0.161 e. The van der Waals surface area contributed by atoms with Crippen molar-refractivity contribution in [3.8, 4) is 23.3 Å². The molecule has 3 aromatic carbocycles. The minimum atomic E-state index is -1.08. The van der Waals surface area contributed by atoms with E-state index in [0.717, 1.165) is 72.1 Å². The Hall–Kier alpha value is -4.62. The van der Waals surface area contributed by atoms with E-state index in [0.29, 0.717) is 75.2 Å². The van der Waals surface area contributed by atoms with Crippen LogP contribution in [0.1, 0.15) is 130 Å². The van der Waals surface area contributed by atoms with Crippen LogP contribution in [0.3, 0.4) is 0 Å². The molecule has 2 saturated carbocycles. The number of phenols is 1. The fourth-order valence-corrected chi connectivity index (χ4v) is 18.8. The Kier molecular flexibility index (Phi) is 17.9. The normalized spacial score (nSPS) is 34.7. The standard InChI is InChI=1S/C67H85N3O8S2/c1-2-41-27-44-30-59(75)61(78-62-31-45(28-49-17-12-25-69-49)51-21-26-70-65(68)56(51)40-80-79-39-46(37-71)64(62)77)34-53(44)54-33-60(76)63-43(29-52(41)54)20-24-66(35-50(73)18-19-58(63)74)36-55(42-13-6-3-7-14-42)57(32-48(66)38-72)67(22-10-5-11-23-67)47-15-8-4-9-16-47/h3-4,6-9,12-17,21,25,29-30,34,41,43,45-46,48,50,54-55,57-58,60,62-64,69-77H,2,5,10-11,18-19,22-23,26-28,31-33,35-40,68H2,1H3.